The second-order valence-electron chi connectivity index (χ2n) is 6.40. The highest BCUT2D eigenvalue weighted by Gasteiger charge is 2.31. The second-order valence-corrected chi connectivity index (χ2v) is 7.39. The van der Waals surface area contributed by atoms with E-state index in [9.17, 15) is 0 Å². The predicted octanol–water partition coefficient (Wildman–Crippen LogP) is 3.15. The van der Waals surface area contributed by atoms with E-state index in [0.717, 1.165) is 49.1 Å². The highest BCUT2D eigenvalue weighted by Crippen LogP contribution is 2.25. The Morgan fingerprint density at radius 3 is 2.80 bits per heavy atom. The van der Waals surface area contributed by atoms with E-state index in [1.165, 1.54) is 5.56 Å². The summed E-state index contributed by atoms with van der Waals surface area (Å²) in [6, 6.07) is 10.4. The maximum absolute atomic E-state index is 5.93. The molecule has 2 aliphatic heterocycles. The first-order valence-corrected chi connectivity index (χ1v) is 9.84. The number of hydrogen-bond donors (Lipinski definition) is 0. The van der Waals surface area contributed by atoms with Gasteiger partial charge in [-0.3, -0.25) is 4.98 Å². The van der Waals surface area contributed by atoms with Crippen molar-refractivity contribution in [3.8, 4) is 0 Å². The molecule has 25 heavy (non-hydrogen) atoms. The van der Waals surface area contributed by atoms with Crippen molar-refractivity contribution in [1.29, 1.82) is 0 Å². The third-order valence-electron chi connectivity index (χ3n) is 4.63. The topological polar surface area (TPSA) is 47.5 Å². The molecule has 2 atom stereocenters. The van der Waals surface area contributed by atoms with Gasteiger partial charge in [-0.05, 0) is 18.4 Å². The largest absolute Gasteiger partial charge is 0.375 e. The van der Waals surface area contributed by atoms with Crippen molar-refractivity contribution in [2.45, 2.75) is 35.8 Å². The lowest BCUT2D eigenvalue weighted by molar-refractivity contribution is -0.0544. The molecule has 2 aliphatic rings. The van der Waals surface area contributed by atoms with Crippen LogP contribution in [0.2, 0.25) is 0 Å². The Kier molecular flexibility index (Phi) is 5.49. The van der Waals surface area contributed by atoms with Crippen LogP contribution in [0, 0.1) is 0 Å². The molecule has 5 nitrogen and oxygen atoms in total. The maximum Gasteiger partial charge on any atom is 0.148 e. The van der Waals surface area contributed by atoms with Gasteiger partial charge in [-0.25, -0.2) is 4.98 Å². The van der Waals surface area contributed by atoms with E-state index in [1.54, 1.807) is 11.8 Å². The number of anilines is 1. The smallest absolute Gasteiger partial charge is 0.148 e. The van der Waals surface area contributed by atoms with Gasteiger partial charge in [0.05, 0.1) is 25.1 Å². The average molecular weight is 357 g/mol. The summed E-state index contributed by atoms with van der Waals surface area (Å²) in [6.07, 6.45) is 6.29. The van der Waals surface area contributed by atoms with Gasteiger partial charge >= 0.3 is 0 Å². The molecular formula is C19H23N3O2S. The van der Waals surface area contributed by atoms with Gasteiger partial charge in [0, 0.05) is 25.4 Å². The molecule has 6 heteroatoms. The van der Waals surface area contributed by atoms with E-state index in [0.29, 0.717) is 6.61 Å². The van der Waals surface area contributed by atoms with Crippen LogP contribution in [0.3, 0.4) is 0 Å². The fraction of sp³-hybridized carbons (Fsp3) is 0.474. The number of nitrogens with zero attached hydrogens (tertiary/aromatic N) is 3. The molecule has 2 fully saturated rings. The quantitative estimate of drug-likeness (QED) is 0.766. The zero-order valence-corrected chi connectivity index (χ0v) is 15.0. The third-order valence-corrected chi connectivity index (χ3v) is 5.60. The van der Waals surface area contributed by atoms with Crippen LogP contribution in [0.15, 0.2) is 47.8 Å². The Hall–Kier alpha value is -1.63. The van der Waals surface area contributed by atoms with Gasteiger partial charge in [0.1, 0.15) is 16.9 Å². The summed E-state index contributed by atoms with van der Waals surface area (Å²) in [6.45, 7) is 3.25. The molecule has 2 aromatic rings. The van der Waals surface area contributed by atoms with Gasteiger partial charge in [-0.15, -0.1) is 11.8 Å². The maximum atomic E-state index is 5.93. The summed E-state index contributed by atoms with van der Waals surface area (Å²) < 4.78 is 11.7. The fourth-order valence-electron chi connectivity index (χ4n) is 3.30. The van der Waals surface area contributed by atoms with E-state index < -0.39 is 0 Å². The van der Waals surface area contributed by atoms with Crippen LogP contribution in [0.5, 0.6) is 0 Å². The van der Waals surface area contributed by atoms with Crippen LogP contribution in [-0.2, 0) is 15.2 Å². The van der Waals surface area contributed by atoms with Gasteiger partial charge < -0.3 is 14.4 Å². The summed E-state index contributed by atoms with van der Waals surface area (Å²) in [5.41, 5.74) is 1.30. The Morgan fingerprint density at radius 1 is 1.08 bits per heavy atom. The number of aromatic nitrogens is 2. The van der Waals surface area contributed by atoms with Crippen molar-refractivity contribution in [3.05, 3.63) is 48.3 Å². The molecule has 0 aliphatic carbocycles. The highest BCUT2D eigenvalue weighted by molar-refractivity contribution is 7.98. The summed E-state index contributed by atoms with van der Waals surface area (Å²) in [5.74, 6) is 1.84. The lowest BCUT2D eigenvalue weighted by Crippen LogP contribution is -2.48. The molecule has 2 saturated heterocycles. The first-order valence-electron chi connectivity index (χ1n) is 8.85. The average Bonchev–Trinajstić information content (AvgIpc) is 3.22. The molecule has 0 saturated carbocycles. The van der Waals surface area contributed by atoms with Crippen LogP contribution in [0.4, 0.5) is 5.82 Å². The van der Waals surface area contributed by atoms with E-state index in [1.807, 2.05) is 18.5 Å². The van der Waals surface area contributed by atoms with Crippen molar-refractivity contribution >= 4 is 17.6 Å². The molecule has 1 aromatic carbocycles. The van der Waals surface area contributed by atoms with E-state index >= 15 is 0 Å². The molecule has 0 radical (unpaired) electrons. The molecule has 0 spiro atoms. The minimum Gasteiger partial charge on any atom is -0.375 e. The van der Waals surface area contributed by atoms with Crippen LogP contribution in [-0.4, -0.2) is 48.5 Å². The van der Waals surface area contributed by atoms with Gasteiger partial charge in [-0.1, -0.05) is 30.3 Å². The van der Waals surface area contributed by atoms with E-state index in [-0.39, 0.29) is 12.2 Å². The summed E-state index contributed by atoms with van der Waals surface area (Å²) >= 11 is 1.72. The van der Waals surface area contributed by atoms with Crippen LogP contribution < -0.4 is 4.90 Å². The van der Waals surface area contributed by atoms with Gasteiger partial charge in [0.15, 0.2) is 0 Å². The van der Waals surface area contributed by atoms with Crippen LogP contribution in [0.1, 0.15) is 18.4 Å². The molecule has 4 rings (SSSR count). The summed E-state index contributed by atoms with van der Waals surface area (Å²) in [5, 5.41) is 0.960. The Morgan fingerprint density at radius 2 is 1.96 bits per heavy atom. The molecule has 132 valence electrons. The van der Waals surface area contributed by atoms with Crippen molar-refractivity contribution in [2.24, 2.45) is 0 Å². The normalized spacial score (nSPS) is 23.8. The highest BCUT2D eigenvalue weighted by atomic mass is 32.2. The number of hydrogen-bond acceptors (Lipinski definition) is 6. The number of thioether (sulfide) groups is 1. The molecule has 1 aromatic heterocycles. The first kappa shape index (κ1) is 16.8. The Bertz CT molecular complexity index is 679. The van der Waals surface area contributed by atoms with Gasteiger partial charge in [0.2, 0.25) is 0 Å². The van der Waals surface area contributed by atoms with Crippen molar-refractivity contribution < 1.29 is 9.47 Å². The molecule has 0 amide bonds. The standard InChI is InChI=1S/C19H23N3O2S/c1-2-5-15(6-3-1)14-25-19-12-20-11-18(21-19)22-8-10-24-17(13-22)16-7-4-9-23-16/h1-3,5-6,11-12,16-17H,4,7-10,13-14H2. The second kappa shape index (κ2) is 8.17. The number of benzene rings is 1. The Balaban J connectivity index is 1.40. The van der Waals surface area contributed by atoms with E-state index in [2.05, 4.69) is 34.1 Å². The van der Waals surface area contributed by atoms with E-state index in [4.69, 9.17) is 14.5 Å². The number of ether oxygens (including phenoxy) is 2. The molecule has 0 N–H and O–H groups in total. The zero-order valence-electron chi connectivity index (χ0n) is 14.2. The van der Waals surface area contributed by atoms with Crippen molar-refractivity contribution in [3.63, 3.8) is 0 Å². The molecule has 2 unspecified atom stereocenters. The summed E-state index contributed by atoms with van der Waals surface area (Å²) in [7, 11) is 0. The van der Waals surface area contributed by atoms with Gasteiger partial charge in [-0.2, -0.15) is 0 Å². The SMILES string of the molecule is c1ccc(CSc2cncc(N3CCOC(C4CCCO4)C3)n2)cc1. The molecule has 3 heterocycles. The first-order chi connectivity index (χ1) is 12.4. The molecular weight excluding hydrogens is 334 g/mol. The monoisotopic (exact) mass is 357 g/mol. The number of morpholine rings is 1. The Labute approximate surface area is 152 Å². The van der Waals surface area contributed by atoms with Crippen LogP contribution >= 0.6 is 11.8 Å². The summed E-state index contributed by atoms with van der Waals surface area (Å²) in [4.78, 5) is 11.5. The predicted molar refractivity (Wildman–Crippen MR) is 99.0 cm³/mol. The lowest BCUT2D eigenvalue weighted by atomic mass is 10.1. The zero-order chi connectivity index (χ0) is 16.9. The molecule has 0 bridgehead atoms. The number of rotatable bonds is 5. The lowest BCUT2D eigenvalue weighted by Gasteiger charge is -2.35. The minimum atomic E-state index is 0.138. The van der Waals surface area contributed by atoms with Gasteiger partial charge in [0.25, 0.3) is 0 Å². The van der Waals surface area contributed by atoms with Crippen LogP contribution in [0.25, 0.3) is 0 Å². The van der Waals surface area contributed by atoms with Crippen molar-refractivity contribution in [1.82, 2.24) is 9.97 Å². The van der Waals surface area contributed by atoms with Crippen molar-refractivity contribution in [2.75, 3.05) is 31.2 Å². The third kappa shape index (κ3) is 4.32. The fourth-order valence-corrected chi connectivity index (χ4v) is 4.10. The minimum absolute atomic E-state index is 0.138.